The molecule has 0 atom stereocenters. The van der Waals surface area contributed by atoms with E-state index in [1.54, 1.807) is 17.7 Å². The van der Waals surface area contributed by atoms with Crippen LogP contribution in [0.1, 0.15) is 24.8 Å². The first-order chi connectivity index (χ1) is 10.9. The van der Waals surface area contributed by atoms with Crippen molar-refractivity contribution in [3.63, 3.8) is 0 Å². The number of hydrogen-bond donors (Lipinski definition) is 0. The van der Waals surface area contributed by atoms with Crippen molar-refractivity contribution in [2.24, 2.45) is 0 Å². The molecule has 0 aliphatic carbocycles. The molecule has 112 valence electrons. The van der Waals surface area contributed by atoms with Crippen LogP contribution in [0.3, 0.4) is 0 Å². The van der Waals surface area contributed by atoms with Gasteiger partial charge in [0.15, 0.2) is 0 Å². The fourth-order valence-corrected chi connectivity index (χ4v) is 4.11. The smallest absolute Gasteiger partial charge is 0.116 e. The van der Waals surface area contributed by atoms with E-state index in [9.17, 15) is 0 Å². The average molecular weight is 309 g/mol. The molecular formula is C18H19N3S. The van der Waals surface area contributed by atoms with Gasteiger partial charge in [-0.3, -0.25) is 4.90 Å². The summed E-state index contributed by atoms with van der Waals surface area (Å²) in [6.07, 6.45) is 7.59. The number of benzene rings is 1. The number of rotatable bonds is 3. The van der Waals surface area contributed by atoms with Gasteiger partial charge in [-0.15, -0.1) is 11.3 Å². The van der Waals surface area contributed by atoms with E-state index in [1.165, 1.54) is 48.4 Å². The van der Waals surface area contributed by atoms with E-state index in [4.69, 9.17) is 0 Å². The van der Waals surface area contributed by atoms with Crippen molar-refractivity contribution in [1.82, 2.24) is 14.9 Å². The van der Waals surface area contributed by atoms with Crippen molar-refractivity contribution in [1.29, 1.82) is 0 Å². The third kappa shape index (κ3) is 2.89. The molecule has 3 nitrogen and oxygen atoms in total. The Hall–Kier alpha value is -1.78. The highest BCUT2D eigenvalue weighted by Gasteiger charge is 2.11. The zero-order valence-electron chi connectivity index (χ0n) is 12.5. The summed E-state index contributed by atoms with van der Waals surface area (Å²) in [6.45, 7) is 3.55. The monoisotopic (exact) mass is 309 g/mol. The highest BCUT2D eigenvalue weighted by Crippen LogP contribution is 2.32. The molecule has 1 fully saturated rings. The highest BCUT2D eigenvalue weighted by molar-refractivity contribution is 7.22. The molecule has 22 heavy (non-hydrogen) atoms. The summed E-state index contributed by atoms with van der Waals surface area (Å²) in [4.78, 5) is 12.3. The third-order valence-electron chi connectivity index (χ3n) is 4.26. The lowest BCUT2D eigenvalue weighted by Gasteiger charge is -2.26. The zero-order valence-corrected chi connectivity index (χ0v) is 13.4. The Labute approximate surface area is 134 Å². The lowest BCUT2D eigenvalue weighted by molar-refractivity contribution is 0.221. The molecule has 1 aromatic carbocycles. The number of aromatic nitrogens is 2. The van der Waals surface area contributed by atoms with Crippen molar-refractivity contribution in [2.75, 3.05) is 13.1 Å². The Balaban J connectivity index is 1.60. The van der Waals surface area contributed by atoms with E-state index in [0.29, 0.717) is 0 Å². The number of thiophene rings is 1. The SMILES string of the molecule is c1cc(CN2CCCCC2)cc(-c2cc3ncncc3s2)c1. The number of fused-ring (bicyclic) bond motifs is 1. The minimum atomic E-state index is 1.04. The van der Waals surface area contributed by atoms with Crippen molar-refractivity contribution < 1.29 is 0 Å². The Morgan fingerprint density at radius 1 is 1.09 bits per heavy atom. The molecule has 0 radical (unpaired) electrons. The van der Waals surface area contributed by atoms with Crippen LogP contribution < -0.4 is 0 Å². The average Bonchev–Trinajstić information content (AvgIpc) is 3.00. The predicted molar refractivity (Wildman–Crippen MR) is 92.0 cm³/mol. The fraction of sp³-hybridized carbons (Fsp3) is 0.333. The van der Waals surface area contributed by atoms with Gasteiger partial charge in [-0.2, -0.15) is 0 Å². The van der Waals surface area contributed by atoms with Crippen LogP contribution in [0, 0.1) is 0 Å². The van der Waals surface area contributed by atoms with Crippen molar-refractivity contribution in [3.8, 4) is 10.4 Å². The van der Waals surface area contributed by atoms with Crippen LogP contribution in [-0.4, -0.2) is 28.0 Å². The minimum absolute atomic E-state index is 1.04. The summed E-state index contributed by atoms with van der Waals surface area (Å²) < 4.78 is 1.15. The largest absolute Gasteiger partial charge is 0.299 e. The molecule has 3 aromatic rings. The summed E-state index contributed by atoms with van der Waals surface area (Å²) in [5.41, 5.74) is 3.73. The molecule has 1 aliphatic heterocycles. The van der Waals surface area contributed by atoms with Gasteiger partial charge in [0.25, 0.3) is 0 Å². The van der Waals surface area contributed by atoms with Crippen molar-refractivity contribution in [2.45, 2.75) is 25.8 Å². The Morgan fingerprint density at radius 2 is 2.00 bits per heavy atom. The van der Waals surface area contributed by atoms with Gasteiger partial charge in [0.2, 0.25) is 0 Å². The van der Waals surface area contributed by atoms with Crippen LogP contribution in [0.25, 0.3) is 20.7 Å². The zero-order chi connectivity index (χ0) is 14.8. The molecule has 2 aromatic heterocycles. The first-order valence-electron chi connectivity index (χ1n) is 7.90. The quantitative estimate of drug-likeness (QED) is 0.720. The summed E-state index contributed by atoms with van der Waals surface area (Å²) in [7, 11) is 0. The predicted octanol–water partition coefficient (Wildman–Crippen LogP) is 4.34. The molecule has 0 bridgehead atoms. The van der Waals surface area contributed by atoms with Crippen molar-refractivity contribution >= 4 is 21.6 Å². The third-order valence-corrected chi connectivity index (χ3v) is 5.37. The second kappa shape index (κ2) is 6.15. The van der Waals surface area contributed by atoms with Gasteiger partial charge in [0.1, 0.15) is 6.33 Å². The summed E-state index contributed by atoms with van der Waals surface area (Å²) in [5, 5.41) is 0. The Bertz CT molecular complexity index is 742. The molecule has 0 spiro atoms. The molecule has 4 heteroatoms. The Morgan fingerprint density at radius 3 is 2.86 bits per heavy atom. The molecule has 3 heterocycles. The number of hydrogen-bond acceptors (Lipinski definition) is 4. The van der Waals surface area contributed by atoms with Gasteiger partial charge in [0, 0.05) is 17.6 Å². The van der Waals surface area contributed by atoms with Gasteiger partial charge in [0.05, 0.1) is 10.2 Å². The first kappa shape index (κ1) is 13.9. The summed E-state index contributed by atoms with van der Waals surface area (Å²) in [6, 6.07) is 11.1. The molecule has 0 N–H and O–H groups in total. The number of nitrogens with zero attached hydrogens (tertiary/aromatic N) is 3. The molecule has 0 amide bonds. The normalized spacial score (nSPS) is 16.2. The van der Waals surface area contributed by atoms with Crippen LogP contribution in [-0.2, 0) is 6.54 Å². The summed E-state index contributed by atoms with van der Waals surface area (Å²) in [5.74, 6) is 0. The van der Waals surface area contributed by atoms with E-state index in [0.717, 1.165) is 16.8 Å². The standard InChI is InChI=1S/C18H19N3S/c1-2-7-21(8-3-1)12-14-5-4-6-15(9-14)17-10-16-18(22-17)11-19-13-20-16/h4-6,9-11,13H,1-3,7-8,12H2. The number of likely N-dealkylation sites (tertiary alicyclic amines) is 1. The van der Waals surface area contributed by atoms with E-state index in [1.807, 2.05) is 6.20 Å². The topological polar surface area (TPSA) is 29.0 Å². The molecule has 0 saturated carbocycles. The lowest BCUT2D eigenvalue weighted by atomic mass is 10.1. The van der Waals surface area contributed by atoms with Gasteiger partial charge in [-0.25, -0.2) is 9.97 Å². The second-order valence-corrected chi connectivity index (χ2v) is 7.00. The maximum Gasteiger partial charge on any atom is 0.116 e. The van der Waals surface area contributed by atoms with Crippen molar-refractivity contribution in [3.05, 3.63) is 48.4 Å². The second-order valence-electron chi connectivity index (χ2n) is 5.92. The maximum absolute atomic E-state index is 4.33. The minimum Gasteiger partial charge on any atom is -0.299 e. The van der Waals surface area contributed by atoms with Crippen LogP contribution in [0.15, 0.2) is 42.9 Å². The first-order valence-corrected chi connectivity index (χ1v) is 8.71. The van der Waals surface area contributed by atoms with Crippen LogP contribution in [0.4, 0.5) is 0 Å². The molecule has 0 unspecified atom stereocenters. The van der Waals surface area contributed by atoms with Gasteiger partial charge in [-0.05, 0) is 49.2 Å². The number of piperidine rings is 1. The molecular weight excluding hydrogens is 290 g/mol. The van der Waals surface area contributed by atoms with Crippen LogP contribution in [0.5, 0.6) is 0 Å². The van der Waals surface area contributed by atoms with Gasteiger partial charge in [-0.1, -0.05) is 24.6 Å². The van der Waals surface area contributed by atoms with E-state index < -0.39 is 0 Å². The van der Waals surface area contributed by atoms with Gasteiger partial charge < -0.3 is 0 Å². The summed E-state index contributed by atoms with van der Waals surface area (Å²) >= 11 is 1.77. The molecule has 1 aliphatic rings. The maximum atomic E-state index is 4.33. The lowest BCUT2D eigenvalue weighted by Crippen LogP contribution is -2.29. The van der Waals surface area contributed by atoms with E-state index >= 15 is 0 Å². The fourth-order valence-electron chi connectivity index (χ4n) is 3.13. The van der Waals surface area contributed by atoms with Crippen LogP contribution in [0.2, 0.25) is 0 Å². The van der Waals surface area contributed by atoms with E-state index in [-0.39, 0.29) is 0 Å². The highest BCUT2D eigenvalue weighted by atomic mass is 32.1. The van der Waals surface area contributed by atoms with E-state index in [2.05, 4.69) is 45.2 Å². The molecule has 1 saturated heterocycles. The van der Waals surface area contributed by atoms with Gasteiger partial charge >= 0.3 is 0 Å². The Kier molecular flexibility index (Phi) is 3.87. The molecule has 4 rings (SSSR count). The van der Waals surface area contributed by atoms with Crippen LogP contribution >= 0.6 is 11.3 Å².